The van der Waals surface area contributed by atoms with Crippen LogP contribution in [0.15, 0.2) is 55.1 Å². The number of para-hydroxylation sites is 1. The Morgan fingerprint density at radius 1 is 0.958 bits per heavy atom. The van der Waals surface area contributed by atoms with Crippen LogP contribution in [-0.2, 0) is 13.0 Å². The molecular formula is C19H15N5. The summed E-state index contributed by atoms with van der Waals surface area (Å²) in [6.07, 6.45) is 9.24. The van der Waals surface area contributed by atoms with Crippen LogP contribution in [0.5, 0.6) is 0 Å². The van der Waals surface area contributed by atoms with Crippen LogP contribution in [0, 0.1) is 0 Å². The van der Waals surface area contributed by atoms with Gasteiger partial charge in [-0.25, -0.2) is 0 Å². The van der Waals surface area contributed by atoms with Crippen LogP contribution in [0.3, 0.4) is 0 Å². The maximum atomic E-state index is 4.84. The molecule has 5 nitrogen and oxygen atoms in total. The summed E-state index contributed by atoms with van der Waals surface area (Å²) in [6.45, 7) is 0.964. The molecule has 0 bridgehead atoms. The van der Waals surface area contributed by atoms with E-state index in [1.165, 1.54) is 16.8 Å². The zero-order valence-corrected chi connectivity index (χ0v) is 13.1. The number of fused-ring (bicyclic) bond motifs is 2. The first-order valence-corrected chi connectivity index (χ1v) is 8.12. The molecule has 116 valence electrons. The summed E-state index contributed by atoms with van der Waals surface area (Å²) < 4.78 is 2.12. The summed E-state index contributed by atoms with van der Waals surface area (Å²) >= 11 is 0. The van der Waals surface area contributed by atoms with Gasteiger partial charge in [0.1, 0.15) is 11.4 Å². The molecule has 0 aliphatic carbocycles. The fourth-order valence-corrected chi connectivity index (χ4v) is 3.53. The number of hydrogen-bond acceptors (Lipinski definition) is 4. The van der Waals surface area contributed by atoms with Gasteiger partial charge >= 0.3 is 0 Å². The molecule has 0 radical (unpaired) electrons. The molecule has 4 heterocycles. The van der Waals surface area contributed by atoms with Gasteiger partial charge in [-0.1, -0.05) is 18.2 Å². The van der Waals surface area contributed by atoms with Crippen molar-refractivity contribution >= 4 is 10.9 Å². The number of hydrogen-bond donors (Lipinski definition) is 0. The van der Waals surface area contributed by atoms with Crippen molar-refractivity contribution in [1.82, 2.24) is 24.7 Å². The van der Waals surface area contributed by atoms with Gasteiger partial charge in [0.05, 0.1) is 11.7 Å². The fraction of sp³-hybridized carbons (Fsp3) is 0.158. The lowest BCUT2D eigenvalue weighted by Crippen LogP contribution is -1.94. The summed E-state index contributed by atoms with van der Waals surface area (Å²) in [4.78, 5) is 13.2. The van der Waals surface area contributed by atoms with Crippen LogP contribution in [0.2, 0.25) is 0 Å². The van der Waals surface area contributed by atoms with Crippen molar-refractivity contribution in [2.75, 3.05) is 0 Å². The molecule has 1 aliphatic rings. The van der Waals surface area contributed by atoms with E-state index in [4.69, 9.17) is 5.10 Å². The highest BCUT2D eigenvalue weighted by atomic mass is 15.3. The van der Waals surface area contributed by atoms with E-state index in [1.807, 2.05) is 18.3 Å². The van der Waals surface area contributed by atoms with Crippen molar-refractivity contribution in [3.8, 4) is 22.5 Å². The van der Waals surface area contributed by atoms with Crippen molar-refractivity contribution in [1.29, 1.82) is 0 Å². The van der Waals surface area contributed by atoms with Crippen LogP contribution in [0.4, 0.5) is 0 Å². The second-order valence-corrected chi connectivity index (χ2v) is 5.96. The highest BCUT2D eigenvalue weighted by molar-refractivity contribution is 5.98. The van der Waals surface area contributed by atoms with Gasteiger partial charge < -0.3 is 0 Å². The third kappa shape index (κ3) is 1.94. The molecule has 0 saturated heterocycles. The van der Waals surface area contributed by atoms with E-state index < -0.39 is 0 Å². The van der Waals surface area contributed by atoms with Crippen LogP contribution in [0.1, 0.15) is 12.1 Å². The lowest BCUT2D eigenvalue weighted by atomic mass is 9.97. The minimum absolute atomic E-state index is 0.815. The molecular weight excluding hydrogens is 298 g/mol. The zero-order valence-electron chi connectivity index (χ0n) is 13.1. The second-order valence-electron chi connectivity index (χ2n) is 5.96. The van der Waals surface area contributed by atoms with Crippen LogP contribution in [0.25, 0.3) is 33.4 Å². The molecule has 3 aromatic heterocycles. The SMILES string of the molecule is c1ccc2c(-c3c(-c4cnccn4)nn4c3CCC4)ccnc2c1. The fourth-order valence-electron chi connectivity index (χ4n) is 3.53. The van der Waals surface area contributed by atoms with E-state index in [1.54, 1.807) is 18.6 Å². The predicted molar refractivity (Wildman–Crippen MR) is 92.3 cm³/mol. The Morgan fingerprint density at radius 3 is 2.83 bits per heavy atom. The predicted octanol–water partition coefficient (Wildman–Crippen LogP) is 3.50. The maximum absolute atomic E-state index is 4.84. The average Bonchev–Trinajstić information content (AvgIpc) is 3.23. The van der Waals surface area contributed by atoms with Gasteiger partial charge in [-0.2, -0.15) is 5.10 Å². The average molecular weight is 313 g/mol. The lowest BCUT2D eigenvalue weighted by molar-refractivity contribution is 0.658. The molecule has 0 atom stereocenters. The number of aromatic nitrogens is 5. The van der Waals surface area contributed by atoms with Gasteiger partial charge in [-0.05, 0) is 30.5 Å². The Hall–Kier alpha value is -3.08. The van der Waals surface area contributed by atoms with E-state index in [-0.39, 0.29) is 0 Å². The molecule has 0 N–H and O–H groups in total. The molecule has 1 aliphatic heterocycles. The van der Waals surface area contributed by atoms with Crippen molar-refractivity contribution in [3.63, 3.8) is 0 Å². The first kappa shape index (κ1) is 13.4. The molecule has 24 heavy (non-hydrogen) atoms. The first-order valence-electron chi connectivity index (χ1n) is 8.12. The molecule has 0 amide bonds. The van der Waals surface area contributed by atoms with Gasteiger partial charge in [0, 0.05) is 41.8 Å². The summed E-state index contributed by atoms with van der Waals surface area (Å²) in [7, 11) is 0. The van der Waals surface area contributed by atoms with Gasteiger partial charge in [0.15, 0.2) is 0 Å². The Kier molecular flexibility index (Phi) is 2.91. The number of aryl methyl sites for hydroxylation is 1. The van der Waals surface area contributed by atoms with Crippen LogP contribution in [-0.4, -0.2) is 24.7 Å². The topological polar surface area (TPSA) is 56.5 Å². The Balaban J connectivity index is 1.84. The van der Waals surface area contributed by atoms with E-state index in [9.17, 15) is 0 Å². The minimum atomic E-state index is 0.815. The molecule has 0 fully saturated rings. The normalized spacial score (nSPS) is 13.3. The number of benzene rings is 1. The highest BCUT2D eigenvalue weighted by Crippen LogP contribution is 2.39. The minimum Gasteiger partial charge on any atom is -0.268 e. The smallest absolute Gasteiger partial charge is 0.120 e. The number of pyridine rings is 1. The first-order chi connectivity index (χ1) is 11.9. The Morgan fingerprint density at radius 2 is 1.92 bits per heavy atom. The third-order valence-electron chi connectivity index (χ3n) is 4.57. The lowest BCUT2D eigenvalue weighted by Gasteiger charge is -2.08. The van der Waals surface area contributed by atoms with Crippen LogP contribution >= 0.6 is 0 Å². The standard InChI is InChI=1S/C19H15N5/c1-2-5-15-13(4-1)14(7-8-21-15)18-17-6-3-11-24(17)23-19(18)16-12-20-9-10-22-16/h1-2,4-5,7-10,12H,3,6,11H2. The Bertz CT molecular complexity index is 1030. The van der Waals surface area contributed by atoms with E-state index in [0.29, 0.717) is 0 Å². The third-order valence-corrected chi connectivity index (χ3v) is 4.57. The van der Waals surface area contributed by atoms with Gasteiger partial charge in [0.25, 0.3) is 0 Å². The van der Waals surface area contributed by atoms with Crippen molar-refractivity contribution in [3.05, 3.63) is 60.8 Å². The maximum Gasteiger partial charge on any atom is 0.120 e. The number of rotatable bonds is 2. The summed E-state index contributed by atoms with van der Waals surface area (Å²) in [5, 5.41) is 5.98. The molecule has 1 aromatic carbocycles. The van der Waals surface area contributed by atoms with Crippen molar-refractivity contribution < 1.29 is 0 Å². The van der Waals surface area contributed by atoms with Gasteiger partial charge in [-0.3, -0.25) is 19.6 Å². The van der Waals surface area contributed by atoms with Crippen molar-refractivity contribution in [2.24, 2.45) is 0 Å². The van der Waals surface area contributed by atoms with Crippen molar-refractivity contribution in [2.45, 2.75) is 19.4 Å². The quantitative estimate of drug-likeness (QED) is 0.568. The zero-order chi connectivity index (χ0) is 15.9. The van der Waals surface area contributed by atoms with E-state index >= 15 is 0 Å². The molecule has 0 spiro atoms. The second kappa shape index (κ2) is 5.23. The van der Waals surface area contributed by atoms with E-state index in [2.05, 4.69) is 37.8 Å². The number of nitrogens with zero attached hydrogens (tertiary/aromatic N) is 5. The molecule has 5 heteroatoms. The largest absolute Gasteiger partial charge is 0.268 e. The Labute approximate surface area is 139 Å². The van der Waals surface area contributed by atoms with Crippen LogP contribution < -0.4 is 0 Å². The molecule has 0 unspecified atom stereocenters. The molecule has 4 aromatic rings. The highest BCUT2D eigenvalue weighted by Gasteiger charge is 2.25. The van der Waals surface area contributed by atoms with E-state index in [0.717, 1.165) is 41.7 Å². The summed E-state index contributed by atoms with van der Waals surface area (Å²) in [6, 6.07) is 10.3. The van der Waals surface area contributed by atoms with Gasteiger partial charge in [0.2, 0.25) is 0 Å². The monoisotopic (exact) mass is 313 g/mol. The summed E-state index contributed by atoms with van der Waals surface area (Å²) in [5.74, 6) is 0. The van der Waals surface area contributed by atoms with Gasteiger partial charge in [-0.15, -0.1) is 0 Å². The summed E-state index contributed by atoms with van der Waals surface area (Å²) in [5.41, 5.74) is 6.35. The molecule has 5 rings (SSSR count). The molecule has 0 saturated carbocycles.